The lowest BCUT2D eigenvalue weighted by Gasteiger charge is -2.19. The number of halogens is 4. The Kier molecular flexibility index (Phi) is 10.9. The van der Waals surface area contributed by atoms with Gasteiger partial charge in [-0.2, -0.15) is 33.2 Å². The molecular weight excluding hydrogens is 701 g/mol. The van der Waals surface area contributed by atoms with Gasteiger partial charge in [0.25, 0.3) is 5.91 Å². The Bertz CT molecular complexity index is 1900. The van der Waals surface area contributed by atoms with E-state index in [4.69, 9.17) is 16.3 Å². The number of hydrogen-bond acceptors (Lipinski definition) is 11. The molecule has 1 aliphatic rings. The van der Waals surface area contributed by atoms with Crippen LogP contribution in [0.4, 0.5) is 36.6 Å². The number of anilines is 4. The number of aliphatic carboxylic acids is 1. The van der Waals surface area contributed by atoms with Crippen LogP contribution >= 0.6 is 11.6 Å². The summed E-state index contributed by atoms with van der Waals surface area (Å²) in [5.41, 5.74) is 0.712. The summed E-state index contributed by atoms with van der Waals surface area (Å²) in [5, 5.41) is 27.0. The van der Waals surface area contributed by atoms with Gasteiger partial charge in [-0.05, 0) is 61.2 Å². The van der Waals surface area contributed by atoms with Crippen LogP contribution in [-0.4, -0.2) is 78.9 Å². The molecule has 51 heavy (non-hydrogen) atoms. The van der Waals surface area contributed by atoms with Gasteiger partial charge < -0.3 is 36.4 Å². The molecule has 2 aromatic carbocycles. The van der Waals surface area contributed by atoms with Crippen molar-refractivity contribution in [1.29, 1.82) is 0 Å². The molecule has 1 atom stereocenters. The Morgan fingerprint density at radius 3 is 2.27 bits per heavy atom. The van der Waals surface area contributed by atoms with Crippen molar-refractivity contribution >= 4 is 58.7 Å². The van der Waals surface area contributed by atoms with E-state index in [1.165, 1.54) is 41.2 Å². The van der Waals surface area contributed by atoms with E-state index < -0.39 is 54.1 Å². The number of alkyl halides is 3. The summed E-state index contributed by atoms with van der Waals surface area (Å²) < 4.78 is 44.9. The van der Waals surface area contributed by atoms with E-state index in [0.29, 0.717) is 23.6 Å². The SMILES string of the molecule is Cn1nccc1NC(=O)C(=O)NCC[C@H](NC(=O)c1ccc(Nc2nc(NC3(c4ccc(Cl)cc4)CC3)nc(OCC(F)(F)F)n2)cc1)C(=O)O. The van der Waals surface area contributed by atoms with Crippen LogP contribution in [0.15, 0.2) is 60.8 Å². The van der Waals surface area contributed by atoms with E-state index in [1.54, 1.807) is 19.2 Å². The number of benzene rings is 2. The lowest BCUT2D eigenvalue weighted by atomic mass is 10.1. The molecule has 0 aliphatic heterocycles. The van der Waals surface area contributed by atoms with Crippen LogP contribution in [0.25, 0.3) is 0 Å². The number of carbonyl (C=O) groups is 4. The zero-order valence-electron chi connectivity index (χ0n) is 26.6. The highest BCUT2D eigenvalue weighted by molar-refractivity contribution is 6.39. The minimum absolute atomic E-state index is 0.0435. The first-order valence-electron chi connectivity index (χ1n) is 15.2. The summed E-state index contributed by atoms with van der Waals surface area (Å²) in [4.78, 5) is 61.1. The molecule has 0 unspecified atom stereocenters. The predicted octanol–water partition coefficient (Wildman–Crippen LogP) is 3.37. The quantitative estimate of drug-likeness (QED) is 0.103. The number of ether oxygens (including phenoxy) is 1. The van der Waals surface area contributed by atoms with Crippen LogP contribution in [0.2, 0.25) is 5.02 Å². The number of nitrogens with one attached hydrogen (secondary N) is 5. The van der Waals surface area contributed by atoms with Gasteiger partial charge in [0.1, 0.15) is 11.9 Å². The third kappa shape index (κ3) is 10.0. The molecule has 2 aromatic heterocycles. The van der Waals surface area contributed by atoms with Gasteiger partial charge in [0.2, 0.25) is 11.9 Å². The zero-order valence-corrected chi connectivity index (χ0v) is 27.4. The minimum Gasteiger partial charge on any atom is -0.480 e. The van der Waals surface area contributed by atoms with E-state index >= 15 is 0 Å². The largest absolute Gasteiger partial charge is 0.480 e. The number of nitrogens with zero attached hydrogens (tertiary/aromatic N) is 5. The average Bonchev–Trinajstić information content (AvgIpc) is 3.75. The van der Waals surface area contributed by atoms with Crippen LogP contribution in [0, 0.1) is 0 Å². The number of hydrogen-bond donors (Lipinski definition) is 6. The molecule has 4 aromatic rings. The molecule has 1 aliphatic carbocycles. The third-order valence-corrected chi connectivity index (χ3v) is 7.72. The number of amides is 3. The first kappa shape index (κ1) is 36.3. The van der Waals surface area contributed by atoms with E-state index in [0.717, 1.165) is 5.56 Å². The molecular formula is C31H30ClF3N10O6. The fraction of sp³-hybridized carbons (Fsp3) is 0.290. The summed E-state index contributed by atoms with van der Waals surface area (Å²) in [6, 6.07) is 12.2. The van der Waals surface area contributed by atoms with E-state index in [1.807, 2.05) is 12.1 Å². The van der Waals surface area contributed by atoms with Crippen LogP contribution in [0.5, 0.6) is 6.01 Å². The minimum atomic E-state index is -4.64. The standard InChI is InChI=1S/C31H30ClF3N10O6/c1-45-22(11-15-37-45)40-25(48)24(47)36-14-10-21(26(49)50)39-23(46)17-2-8-20(9-3-17)38-27-41-28(43-29(42-27)51-16-31(33,34)35)44-30(12-13-30)18-4-6-19(32)7-5-18/h2-9,11,15,21H,10,12-14,16H2,1H3,(H,36,47)(H,39,46)(H,40,48)(H,49,50)(H2,38,41,42,43,44)/t21-/m0/s1. The van der Waals surface area contributed by atoms with Crippen LogP contribution in [-0.2, 0) is 27.0 Å². The lowest BCUT2D eigenvalue weighted by molar-refractivity contribution is -0.154. The second kappa shape index (κ2) is 15.3. The molecule has 0 saturated heterocycles. The summed E-state index contributed by atoms with van der Waals surface area (Å²) in [6.45, 7) is -1.87. The lowest BCUT2D eigenvalue weighted by Crippen LogP contribution is -2.44. The van der Waals surface area contributed by atoms with Gasteiger partial charge in [-0.25, -0.2) is 4.79 Å². The van der Waals surface area contributed by atoms with Gasteiger partial charge in [-0.15, -0.1) is 0 Å². The average molecular weight is 731 g/mol. The fourth-order valence-corrected chi connectivity index (χ4v) is 4.81. The molecule has 1 saturated carbocycles. The van der Waals surface area contributed by atoms with E-state index in [2.05, 4.69) is 46.6 Å². The van der Waals surface area contributed by atoms with Crippen molar-refractivity contribution in [2.75, 3.05) is 29.1 Å². The Hall–Kier alpha value is -5.98. The molecule has 20 heteroatoms. The van der Waals surface area contributed by atoms with E-state index in [9.17, 15) is 37.5 Å². The summed E-state index contributed by atoms with van der Waals surface area (Å²) >= 11 is 6.01. The van der Waals surface area contributed by atoms with E-state index in [-0.39, 0.29) is 36.2 Å². The highest BCUT2D eigenvalue weighted by atomic mass is 35.5. The molecule has 0 bridgehead atoms. The fourth-order valence-electron chi connectivity index (χ4n) is 4.69. The first-order valence-corrected chi connectivity index (χ1v) is 15.6. The van der Waals surface area contributed by atoms with Crippen LogP contribution in [0.3, 0.4) is 0 Å². The maximum Gasteiger partial charge on any atom is 0.422 e. The maximum atomic E-state index is 12.9. The van der Waals surface area contributed by atoms with Crippen molar-refractivity contribution in [3.05, 3.63) is 76.9 Å². The molecule has 0 radical (unpaired) electrons. The van der Waals surface area contributed by atoms with Crippen molar-refractivity contribution in [3.8, 4) is 6.01 Å². The second-order valence-corrected chi connectivity index (χ2v) is 11.7. The van der Waals surface area contributed by atoms with Crippen molar-refractivity contribution in [3.63, 3.8) is 0 Å². The first-order chi connectivity index (χ1) is 24.2. The smallest absolute Gasteiger partial charge is 0.422 e. The summed E-state index contributed by atoms with van der Waals surface area (Å²) in [7, 11) is 1.56. The topological polar surface area (TPSA) is 214 Å². The zero-order chi connectivity index (χ0) is 36.8. The molecule has 0 spiro atoms. The van der Waals surface area contributed by atoms with Crippen molar-refractivity contribution in [2.45, 2.75) is 37.0 Å². The van der Waals surface area contributed by atoms with Gasteiger partial charge in [-0.1, -0.05) is 23.7 Å². The van der Waals surface area contributed by atoms with Gasteiger partial charge >= 0.3 is 30.0 Å². The van der Waals surface area contributed by atoms with Crippen LogP contribution in [0.1, 0.15) is 35.2 Å². The highest BCUT2D eigenvalue weighted by Crippen LogP contribution is 2.48. The second-order valence-electron chi connectivity index (χ2n) is 11.3. The van der Waals surface area contributed by atoms with Crippen LogP contribution < -0.4 is 31.3 Å². The normalized spacial score (nSPS) is 13.7. The Balaban J connectivity index is 1.20. The van der Waals surface area contributed by atoms with Crippen molar-refractivity contribution in [1.82, 2.24) is 35.4 Å². The molecule has 2 heterocycles. The Labute approximate surface area is 292 Å². The number of carboxylic acids is 1. The van der Waals surface area contributed by atoms with Gasteiger partial charge in [-0.3, -0.25) is 19.1 Å². The molecule has 1 fully saturated rings. The molecule has 6 N–H and O–H groups in total. The molecule has 3 amide bonds. The number of carboxylic acid groups (broad SMARTS) is 1. The number of carbonyl (C=O) groups excluding carboxylic acids is 3. The Morgan fingerprint density at radius 2 is 1.67 bits per heavy atom. The monoisotopic (exact) mass is 730 g/mol. The summed E-state index contributed by atoms with van der Waals surface area (Å²) in [6.07, 6.45) is -2.06. The molecule has 16 nitrogen and oxygen atoms in total. The van der Waals surface area contributed by atoms with Crippen molar-refractivity contribution < 1.29 is 42.2 Å². The summed E-state index contributed by atoms with van der Waals surface area (Å²) in [5.74, 6) is -4.04. The highest BCUT2D eigenvalue weighted by Gasteiger charge is 2.45. The molecule has 268 valence electrons. The third-order valence-electron chi connectivity index (χ3n) is 7.47. The Morgan fingerprint density at radius 1 is 0.980 bits per heavy atom. The van der Waals surface area contributed by atoms with Gasteiger partial charge in [0.15, 0.2) is 6.61 Å². The van der Waals surface area contributed by atoms with Gasteiger partial charge in [0, 0.05) is 35.9 Å². The van der Waals surface area contributed by atoms with Crippen molar-refractivity contribution in [2.24, 2.45) is 7.05 Å². The predicted molar refractivity (Wildman–Crippen MR) is 175 cm³/mol. The maximum absolute atomic E-state index is 12.9. The number of rotatable bonds is 14. The van der Waals surface area contributed by atoms with Gasteiger partial charge in [0.05, 0.1) is 11.7 Å². The molecule has 5 rings (SSSR count). The number of aromatic nitrogens is 5. The number of aryl methyl sites for hydroxylation is 1.